The zero-order valence-corrected chi connectivity index (χ0v) is 13.5. The zero-order valence-electron chi connectivity index (χ0n) is 13.5. The van der Waals surface area contributed by atoms with Crippen molar-refractivity contribution in [1.29, 1.82) is 0 Å². The number of aliphatic hydroxyl groups is 1. The van der Waals surface area contributed by atoms with E-state index in [-0.39, 0.29) is 23.8 Å². The molecule has 4 heteroatoms. The monoisotopic (exact) mass is 302 g/mol. The number of amides is 1. The summed E-state index contributed by atoms with van der Waals surface area (Å²) in [6.45, 7) is 1.51. The second-order valence-corrected chi connectivity index (χ2v) is 7.10. The van der Waals surface area contributed by atoms with E-state index in [0.717, 1.165) is 31.4 Å². The molecule has 0 aromatic heterocycles. The minimum Gasteiger partial charge on any atom is -0.395 e. The van der Waals surface area contributed by atoms with Gasteiger partial charge in [0.25, 0.3) is 0 Å². The average Bonchev–Trinajstić information content (AvgIpc) is 2.92. The molecule has 22 heavy (non-hydrogen) atoms. The summed E-state index contributed by atoms with van der Waals surface area (Å²) in [5.74, 6) is 0.460. The maximum absolute atomic E-state index is 12.7. The molecule has 1 N–H and O–H groups in total. The SMILES string of the molecule is CN(C)C1CC(C(=O)N2CCC(CO)(c3ccccc3)C2)C1. The van der Waals surface area contributed by atoms with E-state index < -0.39 is 0 Å². The Morgan fingerprint density at radius 3 is 2.59 bits per heavy atom. The molecule has 1 unspecified atom stereocenters. The topological polar surface area (TPSA) is 43.8 Å². The minimum atomic E-state index is -0.276. The fourth-order valence-electron chi connectivity index (χ4n) is 3.78. The van der Waals surface area contributed by atoms with Crippen molar-refractivity contribution >= 4 is 5.91 Å². The summed E-state index contributed by atoms with van der Waals surface area (Å²) >= 11 is 0. The zero-order chi connectivity index (χ0) is 15.7. The molecule has 1 aromatic carbocycles. The fourth-order valence-corrected chi connectivity index (χ4v) is 3.78. The van der Waals surface area contributed by atoms with Crippen molar-refractivity contribution in [2.75, 3.05) is 33.8 Å². The Morgan fingerprint density at radius 2 is 2.00 bits per heavy atom. The Bertz CT molecular complexity index is 525. The lowest BCUT2D eigenvalue weighted by molar-refractivity contribution is -0.139. The van der Waals surface area contributed by atoms with Gasteiger partial charge in [-0.2, -0.15) is 0 Å². The highest BCUT2D eigenvalue weighted by Gasteiger charge is 2.44. The molecule has 1 saturated carbocycles. The molecule has 1 aromatic rings. The second-order valence-electron chi connectivity index (χ2n) is 7.10. The summed E-state index contributed by atoms with van der Waals surface area (Å²) in [6.07, 6.45) is 2.79. The van der Waals surface area contributed by atoms with Gasteiger partial charge in [0.1, 0.15) is 0 Å². The first-order valence-corrected chi connectivity index (χ1v) is 8.17. The Labute approximate surface area is 132 Å². The van der Waals surface area contributed by atoms with Gasteiger partial charge in [-0.3, -0.25) is 4.79 Å². The summed E-state index contributed by atoms with van der Waals surface area (Å²) in [4.78, 5) is 16.8. The van der Waals surface area contributed by atoms with Crippen LogP contribution < -0.4 is 0 Å². The molecule has 1 aliphatic carbocycles. The Balaban J connectivity index is 1.65. The van der Waals surface area contributed by atoms with Crippen LogP contribution in [0.5, 0.6) is 0 Å². The largest absolute Gasteiger partial charge is 0.395 e. The molecule has 4 nitrogen and oxygen atoms in total. The van der Waals surface area contributed by atoms with E-state index in [2.05, 4.69) is 31.1 Å². The molecule has 1 saturated heterocycles. The van der Waals surface area contributed by atoms with Gasteiger partial charge in [0.15, 0.2) is 0 Å². The number of aliphatic hydroxyl groups excluding tert-OH is 1. The van der Waals surface area contributed by atoms with Crippen LogP contribution in [0.4, 0.5) is 0 Å². The van der Waals surface area contributed by atoms with E-state index in [0.29, 0.717) is 12.6 Å². The van der Waals surface area contributed by atoms with Crippen LogP contribution in [0.2, 0.25) is 0 Å². The molecule has 2 aliphatic rings. The summed E-state index contributed by atoms with van der Waals surface area (Å²) in [5.41, 5.74) is 0.870. The van der Waals surface area contributed by atoms with Crippen LogP contribution in [0.25, 0.3) is 0 Å². The van der Waals surface area contributed by atoms with E-state index in [1.807, 2.05) is 23.1 Å². The number of carbonyl (C=O) groups excluding carboxylic acids is 1. The summed E-state index contributed by atoms with van der Waals surface area (Å²) < 4.78 is 0. The van der Waals surface area contributed by atoms with E-state index in [1.54, 1.807) is 0 Å². The third kappa shape index (κ3) is 2.66. The van der Waals surface area contributed by atoms with E-state index >= 15 is 0 Å². The van der Waals surface area contributed by atoms with Gasteiger partial charge in [0, 0.05) is 30.5 Å². The fraction of sp³-hybridized carbons (Fsp3) is 0.611. The number of benzene rings is 1. The van der Waals surface area contributed by atoms with Crippen LogP contribution in [-0.4, -0.2) is 60.6 Å². The Morgan fingerprint density at radius 1 is 1.32 bits per heavy atom. The molecule has 1 heterocycles. The average molecular weight is 302 g/mol. The van der Waals surface area contributed by atoms with Crippen LogP contribution in [0.1, 0.15) is 24.8 Å². The van der Waals surface area contributed by atoms with Crippen molar-refractivity contribution < 1.29 is 9.90 Å². The van der Waals surface area contributed by atoms with Crippen molar-refractivity contribution in [3.63, 3.8) is 0 Å². The van der Waals surface area contributed by atoms with Gasteiger partial charge in [-0.25, -0.2) is 0 Å². The van der Waals surface area contributed by atoms with Gasteiger partial charge in [0.05, 0.1) is 6.61 Å². The lowest BCUT2D eigenvalue weighted by atomic mass is 9.78. The number of likely N-dealkylation sites (tertiary alicyclic amines) is 1. The normalized spacial score (nSPS) is 31.4. The molecule has 1 atom stereocenters. The molecule has 0 spiro atoms. The predicted molar refractivity (Wildman–Crippen MR) is 86.6 cm³/mol. The number of hydrogen-bond acceptors (Lipinski definition) is 3. The molecule has 120 valence electrons. The molecule has 1 aliphatic heterocycles. The highest BCUT2D eigenvalue weighted by Crippen LogP contribution is 2.38. The molecule has 0 radical (unpaired) electrons. The highest BCUT2D eigenvalue weighted by atomic mass is 16.3. The molecular weight excluding hydrogens is 276 g/mol. The maximum Gasteiger partial charge on any atom is 0.225 e. The third-order valence-electron chi connectivity index (χ3n) is 5.55. The van der Waals surface area contributed by atoms with Crippen molar-refractivity contribution in [1.82, 2.24) is 9.80 Å². The lowest BCUT2D eigenvalue weighted by Crippen LogP contribution is -2.48. The number of hydrogen-bond donors (Lipinski definition) is 1. The van der Waals surface area contributed by atoms with Gasteiger partial charge in [-0.1, -0.05) is 30.3 Å². The maximum atomic E-state index is 12.7. The Kier molecular flexibility index (Phi) is 4.24. The molecular formula is C18H26N2O2. The molecule has 1 amide bonds. The van der Waals surface area contributed by atoms with E-state index in [1.165, 1.54) is 0 Å². The van der Waals surface area contributed by atoms with Crippen molar-refractivity contribution in [3.05, 3.63) is 35.9 Å². The first-order valence-electron chi connectivity index (χ1n) is 8.17. The van der Waals surface area contributed by atoms with Gasteiger partial charge in [0.2, 0.25) is 5.91 Å². The molecule has 2 fully saturated rings. The number of carbonyl (C=O) groups is 1. The van der Waals surface area contributed by atoms with Crippen molar-refractivity contribution in [3.8, 4) is 0 Å². The highest BCUT2D eigenvalue weighted by molar-refractivity contribution is 5.80. The number of rotatable bonds is 4. The summed E-state index contributed by atoms with van der Waals surface area (Å²) in [6, 6.07) is 10.7. The first-order chi connectivity index (χ1) is 10.6. The first kappa shape index (κ1) is 15.5. The van der Waals surface area contributed by atoms with Gasteiger partial charge >= 0.3 is 0 Å². The summed E-state index contributed by atoms with van der Waals surface area (Å²) in [7, 11) is 4.15. The van der Waals surface area contributed by atoms with E-state index in [9.17, 15) is 9.90 Å². The smallest absolute Gasteiger partial charge is 0.225 e. The molecule has 3 rings (SSSR count). The molecule has 0 bridgehead atoms. The van der Waals surface area contributed by atoms with Crippen LogP contribution in [0, 0.1) is 5.92 Å². The van der Waals surface area contributed by atoms with Crippen molar-refractivity contribution in [2.45, 2.75) is 30.7 Å². The minimum absolute atomic E-state index is 0.103. The van der Waals surface area contributed by atoms with Crippen molar-refractivity contribution in [2.24, 2.45) is 5.92 Å². The van der Waals surface area contributed by atoms with Crippen LogP contribution in [0.15, 0.2) is 30.3 Å². The number of nitrogens with zero attached hydrogens (tertiary/aromatic N) is 2. The quantitative estimate of drug-likeness (QED) is 0.916. The standard InChI is InChI=1S/C18H26N2O2/c1-19(2)16-10-14(11-16)17(22)20-9-8-18(12-20,13-21)15-6-4-3-5-7-15/h3-7,14,16,21H,8-13H2,1-2H3. The Hall–Kier alpha value is -1.39. The summed E-state index contributed by atoms with van der Waals surface area (Å²) in [5, 5.41) is 9.95. The van der Waals surface area contributed by atoms with Crippen LogP contribution >= 0.6 is 0 Å². The van der Waals surface area contributed by atoms with Crippen LogP contribution in [-0.2, 0) is 10.2 Å². The van der Waals surface area contributed by atoms with Gasteiger partial charge in [-0.15, -0.1) is 0 Å². The predicted octanol–water partition coefficient (Wildman–Crippen LogP) is 1.49. The van der Waals surface area contributed by atoms with Crippen LogP contribution in [0.3, 0.4) is 0 Å². The van der Waals surface area contributed by atoms with E-state index in [4.69, 9.17) is 0 Å². The third-order valence-corrected chi connectivity index (χ3v) is 5.55. The van der Waals surface area contributed by atoms with Gasteiger partial charge in [-0.05, 0) is 38.9 Å². The lowest BCUT2D eigenvalue weighted by Gasteiger charge is -2.40. The second kappa shape index (κ2) is 6.01. The van der Waals surface area contributed by atoms with Gasteiger partial charge < -0.3 is 14.9 Å².